The molecule has 1 amide bonds. The number of nitrogens with one attached hydrogen (secondary N) is 1. The van der Waals surface area contributed by atoms with Crippen molar-refractivity contribution in [3.05, 3.63) is 41.2 Å². The van der Waals surface area contributed by atoms with Gasteiger partial charge in [0.05, 0.1) is 5.69 Å². The van der Waals surface area contributed by atoms with Gasteiger partial charge in [-0.3, -0.25) is 15.1 Å². The molecule has 0 saturated heterocycles. The molecule has 2 aromatic heterocycles. The molecule has 5 nitrogen and oxygen atoms in total. The van der Waals surface area contributed by atoms with Crippen LogP contribution in [0.4, 0.5) is 5.13 Å². The van der Waals surface area contributed by atoms with Crippen LogP contribution in [-0.2, 0) is 11.2 Å². The molecule has 6 heteroatoms. The minimum absolute atomic E-state index is 0.237. The summed E-state index contributed by atoms with van der Waals surface area (Å²) in [6.45, 7) is 1.99. The Kier molecular flexibility index (Phi) is 4.14. The number of rotatable bonds is 4. The number of hydrogen-bond donors (Lipinski definition) is 1. The van der Waals surface area contributed by atoms with Gasteiger partial charge < -0.3 is 0 Å². The molecule has 1 N–H and O–H groups in total. The normalized spacial score (nSPS) is 10.7. The number of anilines is 1. The summed E-state index contributed by atoms with van der Waals surface area (Å²) >= 11 is 1.38. The summed E-state index contributed by atoms with van der Waals surface area (Å²) in [6.07, 6.45) is 5.57. The molecule has 2 heterocycles. The zero-order valence-electron chi connectivity index (χ0n) is 9.83. The molecule has 0 spiro atoms. The molecule has 18 heavy (non-hydrogen) atoms. The third-order valence-electron chi connectivity index (χ3n) is 2.09. The van der Waals surface area contributed by atoms with Crippen LogP contribution < -0.4 is 5.32 Å². The van der Waals surface area contributed by atoms with E-state index in [1.54, 1.807) is 12.3 Å². The molecule has 0 aromatic carbocycles. The van der Waals surface area contributed by atoms with Crippen LogP contribution in [0.3, 0.4) is 0 Å². The molecule has 2 rings (SSSR count). The average Bonchev–Trinajstić information content (AvgIpc) is 2.85. The van der Waals surface area contributed by atoms with Crippen molar-refractivity contribution in [1.29, 1.82) is 0 Å². The van der Waals surface area contributed by atoms with Crippen molar-refractivity contribution in [2.45, 2.75) is 13.3 Å². The van der Waals surface area contributed by atoms with Gasteiger partial charge in [-0.05, 0) is 24.6 Å². The highest BCUT2D eigenvalue weighted by molar-refractivity contribution is 7.15. The van der Waals surface area contributed by atoms with Crippen LogP contribution in [0.2, 0.25) is 0 Å². The Bertz CT molecular complexity index is 550. The van der Waals surface area contributed by atoms with Crippen LogP contribution >= 0.6 is 11.3 Å². The standard InChI is InChI=1S/C12H12N4OS/c1-2-11-15-16-12(18-11)14-10(17)7-6-9-5-3-4-8-13-9/h3-8H,2H2,1H3,(H,14,16,17)/b7-6+. The van der Waals surface area contributed by atoms with Crippen molar-refractivity contribution in [1.82, 2.24) is 15.2 Å². The van der Waals surface area contributed by atoms with Gasteiger partial charge in [-0.25, -0.2) is 0 Å². The average molecular weight is 260 g/mol. The third-order valence-corrected chi connectivity index (χ3v) is 3.08. The Balaban J connectivity index is 1.94. The first kappa shape index (κ1) is 12.4. The number of nitrogens with zero attached hydrogens (tertiary/aromatic N) is 3. The summed E-state index contributed by atoms with van der Waals surface area (Å²) in [5, 5.41) is 11.9. The molecule has 0 fully saturated rings. The number of amides is 1. The van der Waals surface area contributed by atoms with Gasteiger partial charge in [0, 0.05) is 12.3 Å². The van der Waals surface area contributed by atoms with Crippen LogP contribution in [0.15, 0.2) is 30.5 Å². The highest BCUT2D eigenvalue weighted by Crippen LogP contribution is 2.15. The van der Waals surface area contributed by atoms with Crippen LogP contribution in [0, 0.1) is 0 Å². The maximum atomic E-state index is 11.6. The molecule has 0 aliphatic heterocycles. The molecule has 0 atom stereocenters. The van der Waals surface area contributed by atoms with Crippen molar-refractivity contribution in [3.63, 3.8) is 0 Å². The van der Waals surface area contributed by atoms with E-state index in [2.05, 4.69) is 20.5 Å². The highest BCUT2D eigenvalue weighted by Gasteiger charge is 2.04. The molecule has 0 aliphatic rings. The van der Waals surface area contributed by atoms with E-state index >= 15 is 0 Å². The fourth-order valence-corrected chi connectivity index (χ4v) is 1.91. The Morgan fingerprint density at radius 2 is 2.33 bits per heavy atom. The summed E-state index contributed by atoms with van der Waals surface area (Å²) in [5.74, 6) is -0.237. The van der Waals surface area contributed by atoms with Crippen molar-refractivity contribution in [2.24, 2.45) is 0 Å². The summed E-state index contributed by atoms with van der Waals surface area (Å²) in [6, 6.07) is 5.51. The van der Waals surface area contributed by atoms with Gasteiger partial charge >= 0.3 is 0 Å². The Morgan fingerprint density at radius 3 is 3.00 bits per heavy atom. The lowest BCUT2D eigenvalue weighted by atomic mass is 10.3. The van der Waals surface area contributed by atoms with Crippen molar-refractivity contribution < 1.29 is 4.79 Å². The minimum Gasteiger partial charge on any atom is -0.297 e. The summed E-state index contributed by atoms with van der Waals surface area (Å²) in [7, 11) is 0. The van der Waals surface area contributed by atoms with E-state index < -0.39 is 0 Å². The maximum Gasteiger partial charge on any atom is 0.250 e. The topological polar surface area (TPSA) is 67.8 Å². The molecular weight excluding hydrogens is 248 g/mol. The van der Waals surface area contributed by atoms with Crippen LogP contribution in [0.1, 0.15) is 17.6 Å². The number of hydrogen-bond acceptors (Lipinski definition) is 5. The zero-order chi connectivity index (χ0) is 12.8. The van der Waals surface area contributed by atoms with Crippen molar-refractivity contribution >= 4 is 28.5 Å². The fourth-order valence-electron chi connectivity index (χ4n) is 1.23. The second kappa shape index (κ2) is 6.02. The quantitative estimate of drug-likeness (QED) is 0.855. The van der Waals surface area contributed by atoms with Crippen LogP contribution in [0.25, 0.3) is 6.08 Å². The van der Waals surface area contributed by atoms with Gasteiger partial charge in [-0.2, -0.15) is 0 Å². The number of aromatic nitrogens is 3. The molecule has 92 valence electrons. The largest absolute Gasteiger partial charge is 0.297 e. The first-order valence-electron chi connectivity index (χ1n) is 5.50. The summed E-state index contributed by atoms with van der Waals surface area (Å²) in [4.78, 5) is 15.7. The van der Waals surface area contributed by atoms with Gasteiger partial charge in [0.25, 0.3) is 0 Å². The van der Waals surface area contributed by atoms with E-state index in [1.807, 2.05) is 25.1 Å². The van der Waals surface area contributed by atoms with Crippen LogP contribution in [0.5, 0.6) is 0 Å². The van der Waals surface area contributed by atoms with Crippen LogP contribution in [-0.4, -0.2) is 21.1 Å². The van der Waals surface area contributed by atoms with Gasteiger partial charge in [-0.1, -0.05) is 24.3 Å². The number of aryl methyl sites for hydroxylation is 1. The smallest absolute Gasteiger partial charge is 0.250 e. The van der Waals surface area contributed by atoms with Gasteiger partial charge in [-0.15, -0.1) is 10.2 Å². The lowest BCUT2D eigenvalue weighted by Crippen LogP contribution is -2.07. The van der Waals surface area contributed by atoms with Gasteiger partial charge in [0.2, 0.25) is 11.0 Å². The second-order valence-corrected chi connectivity index (χ2v) is 4.49. The maximum absolute atomic E-state index is 11.6. The van der Waals surface area contributed by atoms with E-state index in [1.165, 1.54) is 17.4 Å². The first-order chi connectivity index (χ1) is 8.78. The SMILES string of the molecule is CCc1nnc(NC(=O)/C=C/c2ccccn2)s1. The number of carbonyl (C=O) groups is 1. The van der Waals surface area contributed by atoms with E-state index in [0.29, 0.717) is 5.13 Å². The van der Waals surface area contributed by atoms with Crippen molar-refractivity contribution in [2.75, 3.05) is 5.32 Å². The summed E-state index contributed by atoms with van der Waals surface area (Å²) < 4.78 is 0. The molecule has 0 bridgehead atoms. The fraction of sp³-hybridized carbons (Fsp3) is 0.167. The van der Waals surface area contributed by atoms with Gasteiger partial charge in [0.15, 0.2) is 0 Å². The van der Waals surface area contributed by atoms with E-state index in [0.717, 1.165) is 17.1 Å². The van der Waals surface area contributed by atoms with E-state index in [-0.39, 0.29) is 5.91 Å². The number of pyridine rings is 1. The Morgan fingerprint density at radius 1 is 1.44 bits per heavy atom. The minimum atomic E-state index is -0.237. The molecule has 0 unspecified atom stereocenters. The van der Waals surface area contributed by atoms with Crippen molar-refractivity contribution in [3.8, 4) is 0 Å². The monoisotopic (exact) mass is 260 g/mol. The predicted octanol–water partition coefficient (Wildman–Crippen LogP) is 2.15. The first-order valence-corrected chi connectivity index (χ1v) is 6.32. The molecule has 0 saturated carbocycles. The summed E-state index contributed by atoms with van der Waals surface area (Å²) in [5.41, 5.74) is 0.735. The van der Waals surface area contributed by atoms with E-state index in [9.17, 15) is 4.79 Å². The predicted molar refractivity (Wildman–Crippen MR) is 71.2 cm³/mol. The Hall–Kier alpha value is -2.08. The third kappa shape index (κ3) is 3.46. The lowest BCUT2D eigenvalue weighted by molar-refractivity contribution is -0.111. The Labute approximate surface area is 109 Å². The molecular formula is C12H12N4OS. The molecule has 0 aliphatic carbocycles. The van der Waals surface area contributed by atoms with Gasteiger partial charge in [0.1, 0.15) is 5.01 Å². The molecule has 0 radical (unpaired) electrons. The number of carbonyl (C=O) groups excluding carboxylic acids is 1. The second-order valence-electron chi connectivity index (χ2n) is 3.43. The lowest BCUT2D eigenvalue weighted by Gasteiger charge is -1.94. The zero-order valence-corrected chi connectivity index (χ0v) is 10.6. The van der Waals surface area contributed by atoms with E-state index in [4.69, 9.17) is 0 Å². The highest BCUT2D eigenvalue weighted by atomic mass is 32.1. The molecule has 2 aromatic rings.